The van der Waals surface area contributed by atoms with Crippen LogP contribution in [0.1, 0.15) is 18.3 Å². The molecule has 4 nitrogen and oxygen atoms in total. The molecule has 1 atom stereocenters. The molecule has 1 aromatic carbocycles. The average molecular weight is 190 g/mol. The number of hydrogen-bond donors (Lipinski definition) is 2. The minimum atomic E-state index is -0.484. The quantitative estimate of drug-likeness (QED) is 0.655. The molecule has 0 aliphatic carbocycles. The number of benzene rings is 1. The molecule has 0 amide bonds. The summed E-state index contributed by atoms with van der Waals surface area (Å²) < 4.78 is 1.96. The van der Waals surface area contributed by atoms with Crippen LogP contribution in [0.4, 0.5) is 0 Å². The third-order valence-electron chi connectivity index (χ3n) is 2.71. The second-order valence-corrected chi connectivity index (χ2v) is 3.57. The number of hydrogen-bond acceptors (Lipinski definition) is 3. The van der Waals surface area contributed by atoms with E-state index in [0.29, 0.717) is 17.8 Å². The number of aromatic hydroxyl groups is 1. The first-order valence-electron chi connectivity index (χ1n) is 4.63. The molecule has 2 N–H and O–H groups in total. The Kier molecular flexibility index (Phi) is 1.39. The van der Waals surface area contributed by atoms with E-state index in [0.717, 1.165) is 12.1 Å². The molecule has 0 fully saturated rings. The van der Waals surface area contributed by atoms with Gasteiger partial charge in [0, 0.05) is 6.54 Å². The monoisotopic (exact) mass is 190 g/mol. The van der Waals surface area contributed by atoms with Gasteiger partial charge in [-0.15, -0.1) is 0 Å². The number of phenolic OH excluding ortho intramolecular Hbond substituents is 1. The van der Waals surface area contributed by atoms with Crippen LogP contribution in [0.25, 0.3) is 11.0 Å². The van der Waals surface area contributed by atoms with Gasteiger partial charge in [-0.2, -0.15) is 0 Å². The fourth-order valence-electron chi connectivity index (χ4n) is 2.02. The summed E-state index contributed by atoms with van der Waals surface area (Å²) in [6.07, 6.45) is 0.232. The van der Waals surface area contributed by atoms with Crippen LogP contribution in [0.2, 0.25) is 0 Å². The normalized spacial score (nSPS) is 20.2. The first kappa shape index (κ1) is 7.82. The number of aliphatic hydroxyl groups is 1. The lowest BCUT2D eigenvalue weighted by atomic mass is 10.3. The molecule has 0 saturated carbocycles. The van der Waals surface area contributed by atoms with Crippen molar-refractivity contribution < 1.29 is 10.2 Å². The predicted molar refractivity (Wildman–Crippen MR) is 51.0 cm³/mol. The van der Waals surface area contributed by atoms with Gasteiger partial charge >= 0.3 is 0 Å². The molecule has 1 unspecified atom stereocenters. The van der Waals surface area contributed by atoms with E-state index in [9.17, 15) is 10.2 Å². The molecule has 1 aliphatic rings. The van der Waals surface area contributed by atoms with E-state index < -0.39 is 6.10 Å². The van der Waals surface area contributed by atoms with E-state index in [1.165, 1.54) is 0 Å². The van der Waals surface area contributed by atoms with Crippen molar-refractivity contribution in [3.63, 3.8) is 0 Å². The molecule has 3 rings (SSSR count). The lowest BCUT2D eigenvalue weighted by molar-refractivity contribution is 0.176. The van der Waals surface area contributed by atoms with Gasteiger partial charge in [0.05, 0.1) is 5.52 Å². The highest BCUT2D eigenvalue weighted by Crippen LogP contribution is 2.32. The minimum absolute atomic E-state index is 0.177. The van der Waals surface area contributed by atoms with E-state index in [4.69, 9.17) is 0 Å². The molecule has 14 heavy (non-hydrogen) atoms. The number of rotatable bonds is 0. The molecule has 1 aromatic heterocycles. The molecule has 1 aliphatic heterocycles. The van der Waals surface area contributed by atoms with E-state index in [2.05, 4.69) is 4.98 Å². The maximum atomic E-state index is 9.61. The number of aryl methyl sites for hydroxylation is 1. The molecule has 4 heteroatoms. The molecule has 2 heterocycles. The van der Waals surface area contributed by atoms with Crippen LogP contribution >= 0.6 is 0 Å². The Morgan fingerprint density at radius 1 is 1.43 bits per heavy atom. The highest BCUT2D eigenvalue weighted by Gasteiger charge is 2.25. The zero-order valence-electron chi connectivity index (χ0n) is 7.51. The topological polar surface area (TPSA) is 58.3 Å². The average Bonchev–Trinajstić information content (AvgIpc) is 2.69. The molecule has 0 radical (unpaired) electrons. The summed E-state index contributed by atoms with van der Waals surface area (Å²) in [5.41, 5.74) is 1.48. The molecule has 0 saturated heterocycles. The lowest BCUT2D eigenvalue weighted by Gasteiger charge is -1.97. The fraction of sp³-hybridized carbons (Fsp3) is 0.300. The van der Waals surface area contributed by atoms with Gasteiger partial charge in [-0.3, -0.25) is 0 Å². The maximum Gasteiger partial charge on any atom is 0.143 e. The number of nitrogens with zero attached hydrogens (tertiary/aromatic N) is 2. The minimum Gasteiger partial charge on any atom is -0.506 e. The lowest BCUT2D eigenvalue weighted by Crippen LogP contribution is -1.93. The summed E-state index contributed by atoms with van der Waals surface area (Å²) in [5.74, 6) is 0.845. The Morgan fingerprint density at radius 2 is 2.29 bits per heavy atom. The number of phenols is 1. The second kappa shape index (κ2) is 2.48. The van der Waals surface area contributed by atoms with Gasteiger partial charge in [0.25, 0.3) is 0 Å². The second-order valence-electron chi connectivity index (χ2n) is 3.57. The zero-order valence-corrected chi connectivity index (χ0v) is 7.51. The van der Waals surface area contributed by atoms with Crippen molar-refractivity contribution >= 4 is 11.0 Å². The van der Waals surface area contributed by atoms with Crippen LogP contribution in [-0.2, 0) is 6.54 Å². The zero-order chi connectivity index (χ0) is 9.71. The number of fused-ring (bicyclic) bond motifs is 3. The highest BCUT2D eigenvalue weighted by atomic mass is 16.3. The van der Waals surface area contributed by atoms with Crippen molar-refractivity contribution in [2.75, 3.05) is 0 Å². The van der Waals surface area contributed by atoms with E-state index in [-0.39, 0.29) is 5.75 Å². The first-order valence-corrected chi connectivity index (χ1v) is 4.63. The Morgan fingerprint density at radius 3 is 3.14 bits per heavy atom. The number of para-hydroxylation sites is 1. The third-order valence-corrected chi connectivity index (χ3v) is 2.71. The van der Waals surface area contributed by atoms with E-state index >= 15 is 0 Å². The van der Waals surface area contributed by atoms with Crippen molar-refractivity contribution in [2.45, 2.75) is 19.1 Å². The van der Waals surface area contributed by atoms with Gasteiger partial charge in [-0.25, -0.2) is 4.98 Å². The van der Waals surface area contributed by atoms with E-state index in [1.54, 1.807) is 12.1 Å². The van der Waals surface area contributed by atoms with Crippen LogP contribution in [0.15, 0.2) is 18.2 Å². The SMILES string of the molecule is Oc1cccc2c1nc1n2CCC1O. The molecule has 2 aromatic rings. The van der Waals surface area contributed by atoms with Crippen LogP contribution in [-0.4, -0.2) is 19.8 Å². The molecular formula is C10H10N2O2. The largest absolute Gasteiger partial charge is 0.506 e. The standard InChI is InChI=1S/C10H10N2O2/c13-7-3-1-2-6-9(7)11-10-8(14)4-5-12(6)10/h1-3,8,13-14H,4-5H2. The Balaban J connectivity index is 2.40. The van der Waals surface area contributed by atoms with Gasteiger partial charge < -0.3 is 14.8 Å². The van der Waals surface area contributed by atoms with Crippen LogP contribution in [0.3, 0.4) is 0 Å². The van der Waals surface area contributed by atoms with Crippen molar-refractivity contribution in [2.24, 2.45) is 0 Å². The summed E-state index contributed by atoms with van der Waals surface area (Å²) >= 11 is 0. The van der Waals surface area contributed by atoms with Crippen LogP contribution in [0, 0.1) is 0 Å². The summed E-state index contributed by atoms with van der Waals surface area (Å²) in [6.45, 7) is 0.774. The van der Waals surface area contributed by atoms with Crippen molar-refractivity contribution in [1.29, 1.82) is 0 Å². The molecular weight excluding hydrogens is 180 g/mol. The Labute approximate surface area is 80.4 Å². The Hall–Kier alpha value is -1.55. The smallest absolute Gasteiger partial charge is 0.143 e. The first-order chi connectivity index (χ1) is 6.77. The number of aromatic nitrogens is 2. The van der Waals surface area contributed by atoms with Gasteiger partial charge in [0.2, 0.25) is 0 Å². The summed E-state index contributed by atoms with van der Waals surface area (Å²) in [6, 6.07) is 5.30. The number of aliphatic hydroxyl groups excluding tert-OH is 1. The fourth-order valence-corrected chi connectivity index (χ4v) is 2.02. The van der Waals surface area contributed by atoms with Crippen molar-refractivity contribution in [3.05, 3.63) is 24.0 Å². The van der Waals surface area contributed by atoms with Crippen molar-refractivity contribution in [1.82, 2.24) is 9.55 Å². The maximum absolute atomic E-state index is 9.61. The molecule has 0 bridgehead atoms. The predicted octanol–water partition coefficient (Wildman–Crippen LogP) is 1.18. The van der Waals surface area contributed by atoms with Gasteiger partial charge in [0.1, 0.15) is 23.2 Å². The van der Waals surface area contributed by atoms with Gasteiger partial charge in [0.15, 0.2) is 0 Å². The Bertz CT molecular complexity index is 504. The van der Waals surface area contributed by atoms with Gasteiger partial charge in [-0.05, 0) is 18.6 Å². The van der Waals surface area contributed by atoms with Crippen LogP contribution in [0.5, 0.6) is 5.75 Å². The van der Waals surface area contributed by atoms with Crippen LogP contribution < -0.4 is 0 Å². The van der Waals surface area contributed by atoms with E-state index in [1.807, 2.05) is 10.6 Å². The molecule has 0 spiro atoms. The summed E-state index contributed by atoms with van der Waals surface area (Å²) in [7, 11) is 0. The summed E-state index contributed by atoms with van der Waals surface area (Å²) in [5, 5.41) is 19.2. The summed E-state index contributed by atoms with van der Waals surface area (Å²) in [4.78, 5) is 4.24. The highest BCUT2D eigenvalue weighted by molar-refractivity contribution is 5.82. The third kappa shape index (κ3) is 0.834. The van der Waals surface area contributed by atoms with Crippen molar-refractivity contribution in [3.8, 4) is 5.75 Å². The van der Waals surface area contributed by atoms with Gasteiger partial charge in [-0.1, -0.05) is 6.07 Å². The molecule has 72 valence electrons. The number of imidazole rings is 1.